The molecular weight excluding hydrogens is 485 g/mol. The number of halogens is 1. The summed E-state index contributed by atoms with van der Waals surface area (Å²) in [5, 5.41) is 2.83. The van der Waals surface area contributed by atoms with Crippen molar-refractivity contribution >= 4 is 21.4 Å². The van der Waals surface area contributed by atoms with E-state index in [2.05, 4.69) is 15.1 Å². The van der Waals surface area contributed by atoms with E-state index in [4.69, 9.17) is 9.15 Å². The summed E-state index contributed by atoms with van der Waals surface area (Å²) in [4.78, 5) is 17.1. The number of carbonyl (C=O) groups excluding carboxylic acids is 1. The molecule has 4 rings (SSSR count). The van der Waals surface area contributed by atoms with Gasteiger partial charge < -0.3 is 19.4 Å². The number of nitrogens with zero attached hydrogens (tertiary/aromatic N) is 2. The molecule has 3 aromatic rings. The largest absolute Gasteiger partial charge is 0.495 e. The fourth-order valence-electron chi connectivity index (χ4n) is 4.19. The van der Waals surface area contributed by atoms with Crippen LogP contribution in [0.4, 0.5) is 10.1 Å². The third-order valence-corrected chi connectivity index (χ3v) is 7.79. The van der Waals surface area contributed by atoms with Crippen molar-refractivity contribution in [2.24, 2.45) is 0 Å². The standard InChI is InChI=1S/C26H30FN3O5S/c1-34-23-5-2-3-6-25(23)36(32,33)19-22-11-12-24(35-22)26(31)28-13-4-14-29-15-17-30(18-16-29)21-9-7-20(27)8-10-21/h2-3,5-12H,4,13-19H2,1H3,(H,28,31). The van der Waals surface area contributed by atoms with Crippen molar-refractivity contribution in [3.63, 3.8) is 0 Å². The second-order valence-corrected chi connectivity index (χ2v) is 10.5. The highest BCUT2D eigenvalue weighted by Crippen LogP contribution is 2.26. The normalized spacial score (nSPS) is 14.6. The Balaban J connectivity index is 1.20. The van der Waals surface area contributed by atoms with Gasteiger partial charge in [0.1, 0.15) is 28.0 Å². The Morgan fingerprint density at radius 3 is 2.47 bits per heavy atom. The Morgan fingerprint density at radius 2 is 1.75 bits per heavy atom. The maximum absolute atomic E-state index is 13.1. The molecule has 8 nitrogen and oxygen atoms in total. The van der Waals surface area contributed by atoms with E-state index in [-0.39, 0.29) is 39.6 Å². The lowest BCUT2D eigenvalue weighted by molar-refractivity contribution is 0.0922. The zero-order valence-electron chi connectivity index (χ0n) is 20.2. The molecule has 2 heterocycles. The number of methoxy groups -OCH3 is 1. The van der Waals surface area contributed by atoms with E-state index >= 15 is 0 Å². The van der Waals surface area contributed by atoms with E-state index < -0.39 is 9.84 Å². The van der Waals surface area contributed by atoms with Crippen molar-refractivity contribution in [2.45, 2.75) is 17.1 Å². The van der Waals surface area contributed by atoms with Crippen LogP contribution in [-0.2, 0) is 15.6 Å². The number of sulfone groups is 1. The van der Waals surface area contributed by atoms with Crippen LogP contribution < -0.4 is 15.0 Å². The fraction of sp³-hybridized carbons (Fsp3) is 0.346. The number of nitrogens with one attached hydrogen (secondary N) is 1. The summed E-state index contributed by atoms with van der Waals surface area (Å²) < 4.78 is 49.3. The first-order valence-corrected chi connectivity index (χ1v) is 13.5. The minimum Gasteiger partial charge on any atom is -0.495 e. The minimum atomic E-state index is -3.70. The van der Waals surface area contributed by atoms with Gasteiger partial charge in [-0.2, -0.15) is 0 Å². The summed E-state index contributed by atoms with van der Waals surface area (Å²) in [7, 11) is -2.29. The number of amides is 1. The van der Waals surface area contributed by atoms with Crippen molar-refractivity contribution in [1.29, 1.82) is 0 Å². The minimum absolute atomic E-state index is 0.0770. The number of para-hydroxylation sites is 1. The Hall–Kier alpha value is -3.37. The second kappa shape index (κ2) is 11.6. The number of hydrogen-bond acceptors (Lipinski definition) is 7. The van der Waals surface area contributed by atoms with E-state index in [9.17, 15) is 17.6 Å². The van der Waals surface area contributed by atoms with Gasteiger partial charge in [-0.25, -0.2) is 12.8 Å². The first-order valence-electron chi connectivity index (χ1n) is 11.8. The van der Waals surface area contributed by atoms with Crippen molar-refractivity contribution in [2.75, 3.05) is 51.3 Å². The first-order chi connectivity index (χ1) is 17.4. The number of carbonyl (C=O) groups is 1. The third-order valence-electron chi connectivity index (χ3n) is 6.12. The Kier molecular flexibility index (Phi) is 8.27. The topological polar surface area (TPSA) is 92.1 Å². The molecule has 0 atom stereocenters. The lowest BCUT2D eigenvalue weighted by Gasteiger charge is -2.36. The summed E-state index contributed by atoms with van der Waals surface area (Å²) in [6, 6.07) is 15.9. The molecule has 192 valence electrons. The van der Waals surface area contributed by atoms with Crippen LogP contribution >= 0.6 is 0 Å². The van der Waals surface area contributed by atoms with E-state index in [0.29, 0.717) is 6.54 Å². The van der Waals surface area contributed by atoms with Crippen LogP contribution in [-0.4, -0.2) is 65.6 Å². The summed E-state index contributed by atoms with van der Waals surface area (Å²) in [6.07, 6.45) is 0.776. The molecule has 1 saturated heterocycles. The number of piperazine rings is 1. The first kappa shape index (κ1) is 25.7. The van der Waals surface area contributed by atoms with Crippen molar-refractivity contribution in [3.8, 4) is 5.75 Å². The van der Waals surface area contributed by atoms with Crippen LogP contribution in [0.5, 0.6) is 5.75 Å². The van der Waals surface area contributed by atoms with Gasteiger partial charge in [-0.15, -0.1) is 0 Å². The molecule has 10 heteroatoms. The molecule has 1 aliphatic rings. The molecule has 36 heavy (non-hydrogen) atoms. The van der Waals surface area contributed by atoms with E-state index in [1.54, 1.807) is 30.3 Å². The van der Waals surface area contributed by atoms with Crippen LogP contribution in [0.3, 0.4) is 0 Å². The second-order valence-electron chi connectivity index (χ2n) is 8.59. The number of anilines is 1. The van der Waals surface area contributed by atoms with Crippen molar-refractivity contribution < 1.29 is 26.8 Å². The van der Waals surface area contributed by atoms with Gasteiger partial charge in [0.25, 0.3) is 5.91 Å². The number of benzene rings is 2. The third kappa shape index (κ3) is 6.44. The van der Waals surface area contributed by atoms with Crippen LogP contribution in [0.2, 0.25) is 0 Å². The maximum atomic E-state index is 13.1. The zero-order valence-corrected chi connectivity index (χ0v) is 21.0. The highest BCUT2D eigenvalue weighted by atomic mass is 32.2. The van der Waals surface area contributed by atoms with Crippen LogP contribution in [0, 0.1) is 5.82 Å². The molecule has 0 bridgehead atoms. The number of ether oxygens (including phenoxy) is 1. The van der Waals surface area contributed by atoms with Gasteiger partial charge in [0.05, 0.1) is 7.11 Å². The number of furan rings is 1. The Labute approximate surface area is 210 Å². The summed E-state index contributed by atoms with van der Waals surface area (Å²) in [6.45, 7) is 4.85. The van der Waals surface area contributed by atoms with Gasteiger partial charge in [-0.3, -0.25) is 9.69 Å². The molecule has 0 aliphatic carbocycles. The molecule has 2 aromatic carbocycles. The molecule has 1 amide bonds. The van der Waals surface area contributed by atoms with Gasteiger partial charge in [0, 0.05) is 38.4 Å². The zero-order chi connectivity index (χ0) is 25.5. The van der Waals surface area contributed by atoms with E-state index in [1.807, 2.05) is 0 Å². The predicted molar refractivity (Wildman–Crippen MR) is 135 cm³/mol. The Bertz CT molecular complexity index is 1270. The fourth-order valence-corrected chi connectivity index (χ4v) is 5.62. The SMILES string of the molecule is COc1ccccc1S(=O)(=O)Cc1ccc(C(=O)NCCCN2CCN(c3ccc(F)cc3)CC2)o1. The maximum Gasteiger partial charge on any atom is 0.286 e. The van der Waals surface area contributed by atoms with Gasteiger partial charge >= 0.3 is 0 Å². The number of rotatable bonds is 10. The van der Waals surface area contributed by atoms with Crippen molar-refractivity contribution in [3.05, 3.63) is 78.0 Å². The molecule has 0 unspecified atom stereocenters. The average Bonchev–Trinajstić information content (AvgIpc) is 3.35. The van der Waals surface area contributed by atoms with Crippen LogP contribution in [0.25, 0.3) is 0 Å². The van der Waals surface area contributed by atoms with Gasteiger partial charge in [-0.05, 0) is 61.5 Å². The lowest BCUT2D eigenvalue weighted by Crippen LogP contribution is -2.47. The monoisotopic (exact) mass is 515 g/mol. The van der Waals surface area contributed by atoms with Gasteiger partial charge in [0.2, 0.25) is 0 Å². The number of hydrogen-bond donors (Lipinski definition) is 1. The van der Waals surface area contributed by atoms with E-state index in [1.165, 1.54) is 37.4 Å². The smallest absolute Gasteiger partial charge is 0.286 e. The molecule has 1 aromatic heterocycles. The molecule has 0 spiro atoms. The molecule has 1 fully saturated rings. The van der Waals surface area contributed by atoms with Crippen LogP contribution in [0.15, 0.2) is 70.0 Å². The molecule has 0 radical (unpaired) electrons. The Morgan fingerprint density at radius 1 is 1.03 bits per heavy atom. The summed E-state index contributed by atoms with van der Waals surface area (Å²) in [5.41, 5.74) is 1.02. The predicted octanol–water partition coefficient (Wildman–Crippen LogP) is 3.34. The molecule has 1 N–H and O–H groups in total. The quantitative estimate of drug-likeness (QED) is 0.414. The summed E-state index contributed by atoms with van der Waals surface area (Å²) in [5.74, 6) is -0.456. The van der Waals surface area contributed by atoms with Crippen LogP contribution in [0.1, 0.15) is 22.7 Å². The molecule has 0 saturated carbocycles. The average molecular weight is 516 g/mol. The van der Waals surface area contributed by atoms with E-state index in [0.717, 1.165) is 44.8 Å². The molecular formula is C26H30FN3O5S. The summed E-state index contributed by atoms with van der Waals surface area (Å²) >= 11 is 0. The van der Waals surface area contributed by atoms with Crippen molar-refractivity contribution in [1.82, 2.24) is 10.2 Å². The highest BCUT2D eigenvalue weighted by Gasteiger charge is 2.23. The lowest BCUT2D eigenvalue weighted by atomic mass is 10.2. The van der Waals surface area contributed by atoms with Gasteiger partial charge in [0.15, 0.2) is 15.6 Å². The highest BCUT2D eigenvalue weighted by molar-refractivity contribution is 7.90. The van der Waals surface area contributed by atoms with Gasteiger partial charge in [-0.1, -0.05) is 12.1 Å². The molecule has 1 aliphatic heterocycles.